The summed E-state index contributed by atoms with van der Waals surface area (Å²) >= 11 is 1.32. The van der Waals surface area contributed by atoms with Gasteiger partial charge in [0.1, 0.15) is 10.6 Å². The first-order valence-electron chi connectivity index (χ1n) is 12.0. The zero-order valence-electron chi connectivity index (χ0n) is 19.9. The van der Waals surface area contributed by atoms with Crippen molar-refractivity contribution < 1.29 is 19.1 Å². The van der Waals surface area contributed by atoms with E-state index in [4.69, 9.17) is 4.74 Å². The van der Waals surface area contributed by atoms with E-state index in [2.05, 4.69) is 22.8 Å². The van der Waals surface area contributed by atoms with E-state index in [0.717, 1.165) is 24.8 Å². The van der Waals surface area contributed by atoms with Crippen molar-refractivity contribution in [3.63, 3.8) is 0 Å². The van der Waals surface area contributed by atoms with Crippen LogP contribution in [-0.2, 0) is 9.59 Å². The van der Waals surface area contributed by atoms with Gasteiger partial charge in [-0.05, 0) is 47.7 Å². The van der Waals surface area contributed by atoms with Gasteiger partial charge in [-0.1, -0.05) is 64.4 Å². The fourth-order valence-electron chi connectivity index (χ4n) is 3.26. The topological polar surface area (TPSA) is 96.9 Å². The second kappa shape index (κ2) is 16.6. The van der Waals surface area contributed by atoms with Crippen LogP contribution in [0.2, 0.25) is 0 Å². The molecular weight excluding hydrogens is 450 g/mol. The van der Waals surface area contributed by atoms with E-state index in [9.17, 15) is 14.4 Å². The van der Waals surface area contributed by atoms with Gasteiger partial charge in [0.15, 0.2) is 0 Å². The molecule has 0 bridgehead atoms. The van der Waals surface area contributed by atoms with Crippen molar-refractivity contribution in [1.82, 2.24) is 10.7 Å². The minimum absolute atomic E-state index is 0.106. The fourth-order valence-corrected chi connectivity index (χ4v) is 3.85. The first kappa shape index (κ1) is 27.2. The van der Waals surface area contributed by atoms with Gasteiger partial charge in [-0.15, -0.1) is 11.3 Å². The maximum atomic E-state index is 11.9. The maximum Gasteiger partial charge on any atom is 0.353 e. The zero-order valence-corrected chi connectivity index (χ0v) is 20.7. The number of carbonyl (C=O) groups is 3. The quantitative estimate of drug-likeness (QED) is 0.109. The monoisotopic (exact) mass is 485 g/mol. The lowest BCUT2D eigenvalue weighted by Crippen LogP contribution is -2.34. The molecular formula is C26H35N3O4S. The molecule has 2 aromatic rings. The molecule has 2 rings (SSSR count). The third-order valence-electron chi connectivity index (χ3n) is 5.17. The van der Waals surface area contributed by atoms with E-state index < -0.39 is 11.9 Å². The number of ether oxygens (including phenoxy) is 1. The Bertz CT molecular complexity index is 895. The van der Waals surface area contributed by atoms with Crippen molar-refractivity contribution in [1.29, 1.82) is 0 Å². The number of amides is 2. The molecule has 0 fully saturated rings. The highest BCUT2D eigenvalue weighted by molar-refractivity contribution is 7.12. The number of thiophene rings is 1. The average Bonchev–Trinajstić information content (AvgIpc) is 3.38. The van der Waals surface area contributed by atoms with Crippen molar-refractivity contribution in [2.75, 3.05) is 6.54 Å². The highest BCUT2D eigenvalue weighted by Gasteiger charge is 2.09. The molecule has 2 N–H and O–H groups in total. The third-order valence-corrected chi connectivity index (χ3v) is 6.02. The van der Waals surface area contributed by atoms with Crippen LogP contribution in [0.25, 0.3) is 0 Å². The molecule has 8 heteroatoms. The fraction of sp³-hybridized carbons (Fsp3) is 0.462. The number of carbonyl (C=O) groups excluding carboxylic acids is 3. The van der Waals surface area contributed by atoms with Gasteiger partial charge in [-0.2, -0.15) is 5.10 Å². The van der Waals surface area contributed by atoms with Gasteiger partial charge in [0.25, 0.3) is 5.91 Å². The van der Waals surface area contributed by atoms with Crippen molar-refractivity contribution in [3.05, 3.63) is 52.2 Å². The largest absolute Gasteiger partial charge is 0.422 e. The van der Waals surface area contributed by atoms with Crippen LogP contribution in [0.15, 0.2) is 46.9 Å². The highest BCUT2D eigenvalue weighted by atomic mass is 32.1. The summed E-state index contributed by atoms with van der Waals surface area (Å²) in [5.41, 5.74) is 3.12. The van der Waals surface area contributed by atoms with Crippen LogP contribution < -0.4 is 15.5 Å². The van der Waals surface area contributed by atoms with Gasteiger partial charge in [-0.3, -0.25) is 9.59 Å². The number of benzene rings is 1. The molecule has 0 saturated heterocycles. The SMILES string of the molecule is CCCCCCCCCCCC(=O)NCC(=O)N/N=C\c1ccc(OC(=O)c2cccs2)cc1. The Morgan fingerprint density at radius 3 is 2.24 bits per heavy atom. The van der Waals surface area contributed by atoms with Crippen molar-refractivity contribution >= 4 is 35.3 Å². The summed E-state index contributed by atoms with van der Waals surface area (Å²) in [6.45, 7) is 2.11. The van der Waals surface area contributed by atoms with Gasteiger partial charge in [0, 0.05) is 6.42 Å². The van der Waals surface area contributed by atoms with E-state index in [1.165, 1.54) is 56.1 Å². The number of hydrogen-bond donors (Lipinski definition) is 2. The summed E-state index contributed by atoms with van der Waals surface area (Å²) in [6, 6.07) is 10.2. The van der Waals surface area contributed by atoms with E-state index in [-0.39, 0.29) is 12.5 Å². The normalized spacial score (nSPS) is 10.9. The molecule has 0 unspecified atom stereocenters. The second-order valence-electron chi connectivity index (χ2n) is 8.08. The van der Waals surface area contributed by atoms with Crippen LogP contribution in [0.1, 0.15) is 86.4 Å². The average molecular weight is 486 g/mol. The van der Waals surface area contributed by atoms with Crippen LogP contribution in [-0.4, -0.2) is 30.5 Å². The lowest BCUT2D eigenvalue weighted by atomic mass is 10.1. The number of esters is 1. The first-order valence-corrected chi connectivity index (χ1v) is 12.9. The van der Waals surface area contributed by atoms with Gasteiger partial charge in [0.2, 0.25) is 5.91 Å². The van der Waals surface area contributed by atoms with E-state index in [1.807, 2.05) is 5.38 Å². The number of nitrogens with zero attached hydrogens (tertiary/aromatic N) is 1. The molecule has 1 heterocycles. The molecule has 2 amide bonds. The number of hydrazone groups is 1. The van der Waals surface area contributed by atoms with Gasteiger partial charge in [0.05, 0.1) is 12.8 Å². The van der Waals surface area contributed by atoms with Crippen LogP contribution in [0, 0.1) is 0 Å². The number of nitrogens with one attached hydrogen (secondary N) is 2. The first-order chi connectivity index (χ1) is 16.6. The predicted octanol–water partition coefficient (Wildman–Crippen LogP) is 5.45. The van der Waals surface area contributed by atoms with Gasteiger partial charge < -0.3 is 10.1 Å². The third kappa shape index (κ3) is 11.7. The summed E-state index contributed by atoms with van der Waals surface area (Å²) < 4.78 is 5.29. The predicted molar refractivity (Wildman–Crippen MR) is 136 cm³/mol. The molecule has 7 nitrogen and oxygen atoms in total. The molecule has 34 heavy (non-hydrogen) atoms. The van der Waals surface area contributed by atoms with Crippen molar-refractivity contribution in [3.8, 4) is 5.75 Å². The molecule has 0 saturated carbocycles. The van der Waals surface area contributed by atoms with E-state index in [1.54, 1.807) is 36.4 Å². The van der Waals surface area contributed by atoms with E-state index >= 15 is 0 Å². The summed E-state index contributed by atoms with van der Waals surface area (Å²) in [4.78, 5) is 36.2. The Hall–Kier alpha value is -3.00. The summed E-state index contributed by atoms with van der Waals surface area (Å²) in [6.07, 6.45) is 12.7. The molecule has 1 aromatic carbocycles. The maximum absolute atomic E-state index is 11.9. The van der Waals surface area contributed by atoms with Crippen LogP contribution in [0.4, 0.5) is 0 Å². The Labute approximate surface area is 206 Å². The number of unbranched alkanes of at least 4 members (excludes halogenated alkanes) is 8. The van der Waals surface area contributed by atoms with Crippen LogP contribution in [0.5, 0.6) is 5.75 Å². The molecule has 0 aliphatic heterocycles. The van der Waals surface area contributed by atoms with Crippen LogP contribution >= 0.6 is 11.3 Å². The van der Waals surface area contributed by atoms with Gasteiger partial charge in [-0.25, -0.2) is 10.2 Å². The molecule has 0 aliphatic carbocycles. The van der Waals surface area contributed by atoms with Crippen molar-refractivity contribution in [2.45, 2.75) is 71.1 Å². The smallest absolute Gasteiger partial charge is 0.353 e. The lowest BCUT2D eigenvalue weighted by molar-refractivity contribution is -0.126. The number of rotatable bonds is 16. The summed E-state index contributed by atoms with van der Waals surface area (Å²) in [5, 5.41) is 8.33. The molecule has 0 atom stereocenters. The lowest BCUT2D eigenvalue weighted by Gasteiger charge is -2.05. The standard InChI is InChI=1S/C26H35N3O4S/c1-2-3-4-5-6-7-8-9-10-13-24(30)27-20-25(31)29-28-19-21-14-16-22(17-15-21)33-26(32)23-12-11-18-34-23/h11-12,14-19H,2-10,13,20H2,1H3,(H,27,30)(H,29,31)/b28-19-. The Kier molecular flexibility index (Phi) is 13.3. The van der Waals surface area contributed by atoms with Crippen molar-refractivity contribution in [2.24, 2.45) is 5.10 Å². The van der Waals surface area contributed by atoms with Gasteiger partial charge >= 0.3 is 5.97 Å². The van der Waals surface area contributed by atoms with E-state index in [0.29, 0.717) is 17.0 Å². The zero-order chi connectivity index (χ0) is 24.4. The number of hydrogen-bond acceptors (Lipinski definition) is 6. The molecule has 0 aliphatic rings. The molecule has 184 valence electrons. The molecule has 0 spiro atoms. The summed E-state index contributed by atoms with van der Waals surface area (Å²) in [7, 11) is 0. The Morgan fingerprint density at radius 1 is 0.912 bits per heavy atom. The molecule has 1 aromatic heterocycles. The summed E-state index contributed by atoms with van der Waals surface area (Å²) in [5.74, 6) is -0.481. The Balaban J connectivity index is 1.54. The van der Waals surface area contributed by atoms with Crippen LogP contribution in [0.3, 0.4) is 0 Å². The highest BCUT2D eigenvalue weighted by Crippen LogP contribution is 2.16. The Morgan fingerprint density at radius 2 is 1.59 bits per heavy atom. The second-order valence-corrected chi connectivity index (χ2v) is 9.03. The minimum Gasteiger partial charge on any atom is -0.422 e. The molecule has 0 radical (unpaired) electrons. The minimum atomic E-state index is -0.400.